The Morgan fingerprint density at radius 3 is 2.55 bits per heavy atom. The van der Waals surface area contributed by atoms with Crippen LogP contribution in [0.15, 0.2) is 0 Å². The van der Waals surface area contributed by atoms with Gasteiger partial charge in [0.25, 0.3) is 0 Å². The van der Waals surface area contributed by atoms with E-state index in [0.29, 0.717) is 13.2 Å². The third kappa shape index (κ3) is 2.82. The molecular weight excluding hydrogens is 258 g/mol. The van der Waals surface area contributed by atoms with Crippen molar-refractivity contribution in [3.8, 4) is 0 Å². The largest absolute Gasteiger partial charge is 0.481 e. The number of ether oxygens (including phenoxy) is 1. The lowest BCUT2D eigenvalue weighted by molar-refractivity contribution is -0.154. The number of carboxylic acids is 1. The second-order valence-electron chi connectivity index (χ2n) is 6.62. The molecule has 1 amide bonds. The average molecular weight is 283 g/mol. The van der Waals surface area contributed by atoms with Gasteiger partial charge in [0.1, 0.15) is 0 Å². The van der Waals surface area contributed by atoms with E-state index >= 15 is 0 Å². The number of carbonyl (C=O) groups excluding carboxylic acids is 1. The van der Waals surface area contributed by atoms with E-state index in [4.69, 9.17) is 4.74 Å². The Kier molecular flexibility index (Phi) is 4.37. The van der Waals surface area contributed by atoms with E-state index in [1.165, 1.54) is 0 Å². The van der Waals surface area contributed by atoms with Crippen LogP contribution in [-0.4, -0.2) is 47.7 Å². The van der Waals surface area contributed by atoms with Crippen molar-refractivity contribution < 1.29 is 19.4 Å². The number of amides is 1. The summed E-state index contributed by atoms with van der Waals surface area (Å²) < 4.78 is 5.47. The van der Waals surface area contributed by atoms with Gasteiger partial charge < -0.3 is 14.7 Å². The molecule has 0 aromatic heterocycles. The topological polar surface area (TPSA) is 66.8 Å². The van der Waals surface area contributed by atoms with Crippen LogP contribution in [0.25, 0.3) is 0 Å². The molecule has 0 spiro atoms. The quantitative estimate of drug-likeness (QED) is 0.857. The monoisotopic (exact) mass is 283 g/mol. The standard InChI is InChI=1S/C15H25NO4/c1-10-12(6-8-20-10)13(17)16-7-4-5-11(9-16)15(2,3)14(18)19/h10-12H,4-9H2,1-3H3,(H,18,19). The minimum Gasteiger partial charge on any atom is -0.481 e. The Bertz CT molecular complexity index is 393. The van der Waals surface area contributed by atoms with Crippen LogP contribution in [0.3, 0.4) is 0 Å². The van der Waals surface area contributed by atoms with E-state index in [-0.39, 0.29) is 23.8 Å². The first-order valence-electron chi connectivity index (χ1n) is 7.48. The van der Waals surface area contributed by atoms with Crippen molar-refractivity contribution >= 4 is 11.9 Å². The van der Waals surface area contributed by atoms with Crippen LogP contribution in [0.1, 0.15) is 40.0 Å². The predicted octanol–water partition coefficient (Wildman–Crippen LogP) is 1.76. The number of piperidine rings is 1. The summed E-state index contributed by atoms with van der Waals surface area (Å²) in [5.41, 5.74) is -0.781. The molecule has 2 saturated heterocycles. The normalized spacial score (nSPS) is 31.4. The van der Waals surface area contributed by atoms with Crippen molar-refractivity contribution in [3.05, 3.63) is 0 Å². The lowest BCUT2D eigenvalue weighted by atomic mass is 9.74. The number of nitrogens with zero attached hydrogens (tertiary/aromatic N) is 1. The first-order chi connectivity index (χ1) is 9.34. The summed E-state index contributed by atoms with van der Waals surface area (Å²) in [4.78, 5) is 25.8. The fourth-order valence-corrected chi connectivity index (χ4v) is 3.23. The molecule has 114 valence electrons. The predicted molar refractivity (Wildman–Crippen MR) is 74.2 cm³/mol. The molecular formula is C15H25NO4. The van der Waals surface area contributed by atoms with E-state index in [1.54, 1.807) is 13.8 Å². The molecule has 0 radical (unpaired) electrons. The van der Waals surface area contributed by atoms with Gasteiger partial charge in [-0.15, -0.1) is 0 Å². The second-order valence-corrected chi connectivity index (χ2v) is 6.62. The molecule has 5 nitrogen and oxygen atoms in total. The van der Waals surface area contributed by atoms with Gasteiger partial charge in [-0.3, -0.25) is 9.59 Å². The molecule has 2 aliphatic rings. The molecule has 0 saturated carbocycles. The molecule has 20 heavy (non-hydrogen) atoms. The number of hydrogen-bond acceptors (Lipinski definition) is 3. The number of hydrogen-bond donors (Lipinski definition) is 1. The molecule has 0 aromatic carbocycles. The van der Waals surface area contributed by atoms with E-state index in [9.17, 15) is 14.7 Å². The SMILES string of the molecule is CC1OCCC1C(=O)N1CCCC(C(C)(C)C(=O)O)C1. The summed E-state index contributed by atoms with van der Waals surface area (Å²) in [5, 5.41) is 9.35. The van der Waals surface area contributed by atoms with Crippen LogP contribution in [0, 0.1) is 17.3 Å². The first kappa shape index (κ1) is 15.3. The van der Waals surface area contributed by atoms with Gasteiger partial charge in [0.05, 0.1) is 17.4 Å². The van der Waals surface area contributed by atoms with Crippen LogP contribution in [-0.2, 0) is 14.3 Å². The highest BCUT2D eigenvalue weighted by atomic mass is 16.5. The Hall–Kier alpha value is -1.10. The zero-order valence-corrected chi connectivity index (χ0v) is 12.6. The van der Waals surface area contributed by atoms with Gasteiger partial charge in [-0.1, -0.05) is 0 Å². The number of aliphatic carboxylic acids is 1. The minimum absolute atomic E-state index is 0.0182. The molecule has 0 aliphatic carbocycles. The van der Waals surface area contributed by atoms with Crippen molar-refractivity contribution in [2.75, 3.05) is 19.7 Å². The third-order valence-electron chi connectivity index (χ3n) is 5.00. The van der Waals surface area contributed by atoms with Crippen molar-refractivity contribution in [2.45, 2.75) is 46.1 Å². The highest BCUT2D eigenvalue weighted by Crippen LogP contribution is 2.35. The Balaban J connectivity index is 2.03. The lowest BCUT2D eigenvalue weighted by Crippen LogP contribution is -2.49. The summed E-state index contributed by atoms with van der Waals surface area (Å²) >= 11 is 0. The van der Waals surface area contributed by atoms with Gasteiger partial charge in [-0.25, -0.2) is 0 Å². The van der Waals surface area contributed by atoms with Gasteiger partial charge in [0, 0.05) is 19.7 Å². The number of likely N-dealkylation sites (tertiary alicyclic amines) is 1. The van der Waals surface area contributed by atoms with Crippen LogP contribution in [0.2, 0.25) is 0 Å². The van der Waals surface area contributed by atoms with E-state index in [0.717, 1.165) is 25.8 Å². The summed E-state index contributed by atoms with van der Waals surface area (Å²) in [6.07, 6.45) is 2.52. The summed E-state index contributed by atoms with van der Waals surface area (Å²) in [5.74, 6) is -0.674. The van der Waals surface area contributed by atoms with Crippen LogP contribution >= 0.6 is 0 Å². The van der Waals surface area contributed by atoms with E-state index < -0.39 is 11.4 Å². The molecule has 2 heterocycles. The molecule has 2 fully saturated rings. The Morgan fingerprint density at radius 1 is 1.30 bits per heavy atom. The number of carbonyl (C=O) groups is 2. The molecule has 2 aliphatic heterocycles. The van der Waals surface area contributed by atoms with Gasteiger partial charge >= 0.3 is 5.97 Å². The van der Waals surface area contributed by atoms with E-state index in [1.807, 2.05) is 11.8 Å². The number of rotatable bonds is 3. The number of carboxylic acid groups (broad SMARTS) is 1. The zero-order valence-electron chi connectivity index (χ0n) is 12.6. The molecule has 0 bridgehead atoms. The fraction of sp³-hybridized carbons (Fsp3) is 0.867. The summed E-state index contributed by atoms with van der Waals surface area (Å²) in [6.45, 7) is 7.41. The first-order valence-corrected chi connectivity index (χ1v) is 7.48. The minimum atomic E-state index is -0.783. The van der Waals surface area contributed by atoms with Gasteiger partial charge in [-0.2, -0.15) is 0 Å². The van der Waals surface area contributed by atoms with E-state index in [2.05, 4.69) is 0 Å². The fourth-order valence-electron chi connectivity index (χ4n) is 3.23. The van der Waals surface area contributed by atoms with Gasteiger partial charge in [0.2, 0.25) is 5.91 Å². The van der Waals surface area contributed by atoms with Crippen molar-refractivity contribution in [3.63, 3.8) is 0 Å². The molecule has 2 rings (SSSR count). The van der Waals surface area contributed by atoms with Crippen LogP contribution in [0.5, 0.6) is 0 Å². The maximum Gasteiger partial charge on any atom is 0.309 e. The van der Waals surface area contributed by atoms with Crippen LogP contribution in [0.4, 0.5) is 0 Å². The van der Waals surface area contributed by atoms with Gasteiger partial charge in [0.15, 0.2) is 0 Å². The highest BCUT2D eigenvalue weighted by molar-refractivity contribution is 5.80. The Morgan fingerprint density at radius 2 is 2.00 bits per heavy atom. The average Bonchev–Trinajstić information content (AvgIpc) is 2.84. The molecule has 5 heteroatoms. The molecule has 3 unspecified atom stereocenters. The molecule has 0 aromatic rings. The van der Waals surface area contributed by atoms with Crippen molar-refractivity contribution in [2.24, 2.45) is 17.3 Å². The Labute approximate surface area is 120 Å². The summed E-state index contributed by atoms with van der Waals surface area (Å²) in [7, 11) is 0. The van der Waals surface area contributed by atoms with Crippen molar-refractivity contribution in [1.82, 2.24) is 4.90 Å². The molecule has 3 atom stereocenters. The maximum absolute atomic E-state index is 12.6. The van der Waals surface area contributed by atoms with Crippen molar-refractivity contribution in [1.29, 1.82) is 0 Å². The summed E-state index contributed by atoms with van der Waals surface area (Å²) in [6, 6.07) is 0. The smallest absolute Gasteiger partial charge is 0.309 e. The van der Waals surface area contributed by atoms with Crippen LogP contribution < -0.4 is 0 Å². The highest BCUT2D eigenvalue weighted by Gasteiger charge is 2.42. The second kappa shape index (κ2) is 5.72. The zero-order chi connectivity index (χ0) is 14.9. The maximum atomic E-state index is 12.6. The lowest BCUT2D eigenvalue weighted by Gasteiger charge is -2.40. The molecule has 1 N–H and O–H groups in total. The third-order valence-corrected chi connectivity index (χ3v) is 5.00. The van der Waals surface area contributed by atoms with Gasteiger partial charge in [-0.05, 0) is 46.0 Å².